The summed E-state index contributed by atoms with van der Waals surface area (Å²) in [5, 5.41) is 4.97. The van der Waals surface area contributed by atoms with Crippen molar-refractivity contribution < 1.29 is 4.39 Å². The van der Waals surface area contributed by atoms with Crippen molar-refractivity contribution in [1.29, 1.82) is 0 Å². The van der Waals surface area contributed by atoms with Gasteiger partial charge in [-0.15, -0.1) is 0 Å². The monoisotopic (exact) mass is 345 g/mol. The third-order valence-electron chi connectivity index (χ3n) is 3.18. The Bertz CT molecular complexity index is 611. The van der Waals surface area contributed by atoms with Crippen LogP contribution in [0, 0.1) is 5.82 Å². The lowest BCUT2D eigenvalue weighted by Crippen LogP contribution is -2.23. The molecule has 2 aromatic carbocycles. The summed E-state index contributed by atoms with van der Waals surface area (Å²) in [6.07, 6.45) is 0.629. The van der Waals surface area contributed by atoms with Crippen LogP contribution in [0.15, 0.2) is 36.4 Å². The second-order valence-electron chi connectivity index (χ2n) is 4.75. The zero-order valence-electron chi connectivity index (χ0n) is 11.5. The summed E-state index contributed by atoms with van der Waals surface area (Å²) in [5.74, 6) is -0.338. The summed E-state index contributed by atoms with van der Waals surface area (Å²) in [6, 6.07) is 9.89. The fourth-order valence-corrected chi connectivity index (χ4v) is 3.03. The molecular formula is C16H15Cl3FN. The Morgan fingerprint density at radius 3 is 2.29 bits per heavy atom. The first-order chi connectivity index (χ1) is 9.99. The molecule has 1 nitrogen and oxygen atoms in total. The first kappa shape index (κ1) is 16.6. The lowest BCUT2D eigenvalue weighted by Gasteiger charge is -2.20. The van der Waals surface area contributed by atoms with Gasteiger partial charge in [0.05, 0.1) is 0 Å². The lowest BCUT2D eigenvalue weighted by molar-refractivity contribution is 0.549. The van der Waals surface area contributed by atoms with Gasteiger partial charge in [0.25, 0.3) is 0 Å². The quantitative estimate of drug-likeness (QED) is 0.734. The minimum atomic E-state index is -0.338. The summed E-state index contributed by atoms with van der Waals surface area (Å²) in [5.41, 5.74) is 1.86. The van der Waals surface area contributed by atoms with E-state index in [2.05, 4.69) is 5.32 Å². The van der Waals surface area contributed by atoms with E-state index in [1.807, 2.05) is 19.1 Å². The molecule has 2 rings (SSSR count). The second kappa shape index (κ2) is 7.46. The van der Waals surface area contributed by atoms with Gasteiger partial charge in [0.2, 0.25) is 0 Å². The van der Waals surface area contributed by atoms with Crippen LogP contribution >= 0.6 is 34.8 Å². The van der Waals surface area contributed by atoms with Gasteiger partial charge in [-0.25, -0.2) is 4.39 Å². The fourth-order valence-electron chi connectivity index (χ4n) is 2.24. The molecule has 0 aromatic heterocycles. The number of benzene rings is 2. The Hall–Kier alpha value is -0.800. The molecule has 0 fully saturated rings. The van der Waals surface area contributed by atoms with E-state index in [4.69, 9.17) is 34.8 Å². The molecule has 1 unspecified atom stereocenters. The predicted octanol–water partition coefficient (Wildman–Crippen LogP) is 5.68. The van der Waals surface area contributed by atoms with Gasteiger partial charge in [0, 0.05) is 21.1 Å². The van der Waals surface area contributed by atoms with Crippen molar-refractivity contribution in [2.45, 2.75) is 19.4 Å². The summed E-state index contributed by atoms with van der Waals surface area (Å²) in [4.78, 5) is 0. The SMILES string of the molecule is CCNC(Cc1ccc(F)cc1Cl)c1cc(Cl)cc(Cl)c1. The van der Waals surface area contributed by atoms with Gasteiger partial charge >= 0.3 is 0 Å². The topological polar surface area (TPSA) is 12.0 Å². The van der Waals surface area contributed by atoms with Gasteiger partial charge in [0.1, 0.15) is 5.82 Å². The molecule has 5 heteroatoms. The third kappa shape index (κ3) is 4.58. The molecule has 0 radical (unpaired) electrons. The zero-order valence-corrected chi connectivity index (χ0v) is 13.7. The maximum absolute atomic E-state index is 13.1. The van der Waals surface area contributed by atoms with E-state index in [-0.39, 0.29) is 11.9 Å². The molecule has 21 heavy (non-hydrogen) atoms. The van der Waals surface area contributed by atoms with Crippen LogP contribution < -0.4 is 5.32 Å². The Morgan fingerprint density at radius 2 is 1.71 bits per heavy atom. The van der Waals surface area contributed by atoms with E-state index in [0.717, 1.165) is 17.7 Å². The Balaban J connectivity index is 2.30. The van der Waals surface area contributed by atoms with Gasteiger partial charge in [-0.1, -0.05) is 47.8 Å². The number of likely N-dealkylation sites (N-methyl/N-ethyl adjacent to an activating group) is 1. The van der Waals surface area contributed by atoms with Crippen LogP contribution in [0.25, 0.3) is 0 Å². The van der Waals surface area contributed by atoms with Crippen LogP contribution in [-0.4, -0.2) is 6.54 Å². The molecule has 0 saturated carbocycles. The van der Waals surface area contributed by atoms with Crippen LogP contribution in [0.4, 0.5) is 4.39 Å². The number of hydrogen-bond acceptors (Lipinski definition) is 1. The molecule has 2 aromatic rings. The molecule has 0 heterocycles. The Labute approximate surface area is 139 Å². The average molecular weight is 347 g/mol. The highest BCUT2D eigenvalue weighted by Crippen LogP contribution is 2.28. The van der Waals surface area contributed by atoms with E-state index in [1.54, 1.807) is 12.1 Å². The van der Waals surface area contributed by atoms with Crippen molar-refractivity contribution in [1.82, 2.24) is 5.32 Å². The van der Waals surface area contributed by atoms with Crippen molar-refractivity contribution in [3.63, 3.8) is 0 Å². The van der Waals surface area contributed by atoms with Crippen LogP contribution in [-0.2, 0) is 6.42 Å². The average Bonchev–Trinajstić information content (AvgIpc) is 2.40. The number of halogens is 4. The minimum absolute atomic E-state index is 0.00848. The highest BCUT2D eigenvalue weighted by molar-refractivity contribution is 6.34. The zero-order chi connectivity index (χ0) is 15.4. The van der Waals surface area contributed by atoms with E-state index < -0.39 is 0 Å². The molecule has 0 amide bonds. The highest BCUT2D eigenvalue weighted by Gasteiger charge is 2.15. The van der Waals surface area contributed by atoms with E-state index >= 15 is 0 Å². The molecule has 1 N–H and O–H groups in total. The normalized spacial score (nSPS) is 12.4. The summed E-state index contributed by atoms with van der Waals surface area (Å²) in [7, 11) is 0. The van der Waals surface area contributed by atoms with Gasteiger partial charge < -0.3 is 5.32 Å². The first-order valence-electron chi connectivity index (χ1n) is 6.63. The highest BCUT2D eigenvalue weighted by atomic mass is 35.5. The van der Waals surface area contributed by atoms with E-state index in [9.17, 15) is 4.39 Å². The van der Waals surface area contributed by atoms with Crippen LogP contribution in [0.5, 0.6) is 0 Å². The third-order valence-corrected chi connectivity index (χ3v) is 3.97. The Morgan fingerprint density at radius 1 is 1.05 bits per heavy atom. The summed E-state index contributed by atoms with van der Waals surface area (Å²) in [6.45, 7) is 2.80. The van der Waals surface area contributed by atoms with Crippen LogP contribution in [0.2, 0.25) is 15.1 Å². The fraction of sp³-hybridized carbons (Fsp3) is 0.250. The molecule has 112 valence electrons. The van der Waals surface area contributed by atoms with Crippen molar-refractivity contribution in [2.24, 2.45) is 0 Å². The molecule has 0 spiro atoms. The van der Waals surface area contributed by atoms with Crippen LogP contribution in [0.1, 0.15) is 24.1 Å². The number of hydrogen-bond donors (Lipinski definition) is 1. The smallest absolute Gasteiger partial charge is 0.124 e. The molecular weight excluding hydrogens is 332 g/mol. The molecule has 0 bridgehead atoms. The predicted molar refractivity (Wildman–Crippen MR) is 88.0 cm³/mol. The summed E-state index contributed by atoms with van der Waals surface area (Å²) < 4.78 is 13.1. The molecule has 0 aliphatic carbocycles. The molecule has 0 aliphatic heterocycles. The van der Waals surface area contributed by atoms with Crippen LogP contribution in [0.3, 0.4) is 0 Å². The first-order valence-corrected chi connectivity index (χ1v) is 7.76. The van der Waals surface area contributed by atoms with Crippen molar-refractivity contribution in [3.05, 3.63) is 68.4 Å². The van der Waals surface area contributed by atoms with Gasteiger partial charge in [-0.05, 0) is 54.4 Å². The largest absolute Gasteiger partial charge is 0.310 e. The molecule has 0 saturated heterocycles. The Kier molecular flexibility index (Phi) is 5.88. The maximum Gasteiger partial charge on any atom is 0.124 e. The van der Waals surface area contributed by atoms with E-state index in [1.165, 1.54) is 12.1 Å². The van der Waals surface area contributed by atoms with Gasteiger partial charge in [-0.3, -0.25) is 0 Å². The van der Waals surface area contributed by atoms with E-state index in [0.29, 0.717) is 21.5 Å². The lowest BCUT2D eigenvalue weighted by atomic mass is 9.98. The maximum atomic E-state index is 13.1. The van der Waals surface area contributed by atoms with Crippen molar-refractivity contribution >= 4 is 34.8 Å². The van der Waals surface area contributed by atoms with Gasteiger partial charge in [0.15, 0.2) is 0 Å². The second-order valence-corrected chi connectivity index (χ2v) is 6.03. The molecule has 1 atom stereocenters. The van der Waals surface area contributed by atoms with Crippen molar-refractivity contribution in [3.8, 4) is 0 Å². The number of nitrogens with one attached hydrogen (secondary N) is 1. The number of rotatable bonds is 5. The van der Waals surface area contributed by atoms with Crippen molar-refractivity contribution in [2.75, 3.05) is 6.54 Å². The minimum Gasteiger partial charge on any atom is -0.310 e. The van der Waals surface area contributed by atoms with Gasteiger partial charge in [-0.2, -0.15) is 0 Å². The summed E-state index contributed by atoms with van der Waals surface area (Å²) >= 11 is 18.2. The standard InChI is InChI=1S/C16H15Cl3FN/c1-2-21-16(11-5-12(17)8-13(18)6-11)7-10-3-4-14(20)9-15(10)19/h3-6,8-9,16,21H,2,7H2,1H3. The molecule has 0 aliphatic rings.